The van der Waals surface area contributed by atoms with Crippen LogP contribution < -0.4 is 4.90 Å². The van der Waals surface area contributed by atoms with Gasteiger partial charge in [-0.3, -0.25) is 5.41 Å². The van der Waals surface area contributed by atoms with Crippen LogP contribution in [0.2, 0.25) is 5.02 Å². The molecule has 64 valence electrons. The average Bonchev–Trinajstić information content (AvgIpc) is 2.08. The molecule has 12 heavy (non-hydrogen) atoms. The van der Waals surface area contributed by atoms with Crippen molar-refractivity contribution in [2.24, 2.45) is 0 Å². The van der Waals surface area contributed by atoms with Crippen LogP contribution >= 0.6 is 11.6 Å². The van der Waals surface area contributed by atoms with Crippen molar-refractivity contribution in [3.05, 3.63) is 28.8 Å². The summed E-state index contributed by atoms with van der Waals surface area (Å²) in [5.41, 5.74) is 2.09. The van der Waals surface area contributed by atoms with Crippen molar-refractivity contribution >= 4 is 23.6 Å². The lowest BCUT2D eigenvalue weighted by atomic mass is 10.2. The lowest BCUT2D eigenvalue weighted by Gasteiger charge is -2.15. The summed E-state index contributed by atoms with van der Waals surface area (Å²) in [7, 11) is 1.83. The van der Waals surface area contributed by atoms with Gasteiger partial charge in [-0.15, -0.1) is 0 Å². The Morgan fingerprint density at radius 3 is 2.75 bits per heavy atom. The first-order valence-electron chi connectivity index (χ1n) is 3.64. The van der Waals surface area contributed by atoms with Gasteiger partial charge in [0.15, 0.2) is 0 Å². The second kappa shape index (κ2) is 3.59. The highest BCUT2D eigenvalue weighted by atomic mass is 35.5. The van der Waals surface area contributed by atoms with E-state index < -0.39 is 0 Å². The smallest absolute Gasteiger partial charge is 0.0859 e. The molecule has 0 fully saturated rings. The number of nitrogens with zero attached hydrogens (tertiary/aromatic N) is 1. The molecular formula is C9H11ClN2. The Kier molecular flexibility index (Phi) is 2.71. The van der Waals surface area contributed by atoms with Crippen molar-refractivity contribution in [2.45, 2.75) is 6.92 Å². The Balaban J connectivity index is 3.12. The molecule has 0 atom stereocenters. The minimum absolute atomic E-state index is 0.698. The van der Waals surface area contributed by atoms with Crippen LogP contribution in [0.5, 0.6) is 0 Å². The standard InChI is InChI=1S/C9H11ClN2/c1-7-3-4-8(10)5-9(7)12(2)6-11/h3-6,11H,1-2H3. The lowest BCUT2D eigenvalue weighted by molar-refractivity contribution is 1.24. The number of halogens is 1. The number of rotatable bonds is 2. The fourth-order valence-corrected chi connectivity index (χ4v) is 1.20. The highest BCUT2D eigenvalue weighted by Gasteiger charge is 2.01. The van der Waals surface area contributed by atoms with Gasteiger partial charge < -0.3 is 4.90 Å². The molecule has 0 aliphatic carbocycles. The van der Waals surface area contributed by atoms with Gasteiger partial charge in [-0.1, -0.05) is 17.7 Å². The Morgan fingerprint density at radius 2 is 2.17 bits per heavy atom. The van der Waals surface area contributed by atoms with Crippen LogP contribution in [0, 0.1) is 12.3 Å². The number of aryl methyl sites for hydroxylation is 1. The van der Waals surface area contributed by atoms with Crippen molar-refractivity contribution in [3.8, 4) is 0 Å². The minimum atomic E-state index is 0.698. The van der Waals surface area contributed by atoms with E-state index in [1.165, 1.54) is 6.34 Å². The van der Waals surface area contributed by atoms with Crippen molar-refractivity contribution in [1.82, 2.24) is 0 Å². The summed E-state index contributed by atoms with van der Waals surface area (Å²) in [4.78, 5) is 1.72. The first-order valence-corrected chi connectivity index (χ1v) is 4.02. The molecule has 0 saturated heterocycles. The zero-order chi connectivity index (χ0) is 9.14. The fourth-order valence-electron chi connectivity index (χ4n) is 1.03. The first-order chi connectivity index (χ1) is 5.65. The van der Waals surface area contributed by atoms with E-state index in [4.69, 9.17) is 17.0 Å². The normalized spacial score (nSPS) is 9.58. The van der Waals surface area contributed by atoms with Gasteiger partial charge in [0.05, 0.1) is 6.34 Å². The molecule has 1 N–H and O–H groups in total. The fraction of sp³-hybridized carbons (Fsp3) is 0.222. The topological polar surface area (TPSA) is 27.1 Å². The Hall–Kier alpha value is -1.02. The van der Waals surface area contributed by atoms with Crippen molar-refractivity contribution in [3.63, 3.8) is 0 Å². The molecule has 0 heterocycles. The summed E-state index contributed by atoms with van der Waals surface area (Å²) >= 11 is 5.82. The van der Waals surface area contributed by atoms with Gasteiger partial charge in [0.2, 0.25) is 0 Å². The Labute approximate surface area is 77.3 Å². The number of hydrogen-bond acceptors (Lipinski definition) is 1. The van der Waals surface area contributed by atoms with E-state index in [1.807, 2.05) is 32.2 Å². The summed E-state index contributed by atoms with van der Waals surface area (Å²) < 4.78 is 0. The van der Waals surface area contributed by atoms with E-state index in [0.717, 1.165) is 11.3 Å². The van der Waals surface area contributed by atoms with Crippen LogP contribution in [0.25, 0.3) is 0 Å². The zero-order valence-electron chi connectivity index (χ0n) is 7.13. The van der Waals surface area contributed by atoms with Gasteiger partial charge in [-0.05, 0) is 24.6 Å². The molecular weight excluding hydrogens is 172 g/mol. The molecule has 0 aromatic heterocycles. The minimum Gasteiger partial charge on any atom is -0.336 e. The van der Waals surface area contributed by atoms with Crippen molar-refractivity contribution in [1.29, 1.82) is 5.41 Å². The van der Waals surface area contributed by atoms with Gasteiger partial charge in [-0.2, -0.15) is 0 Å². The van der Waals surface area contributed by atoms with Gasteiger partial charge in [0.1, 0.15) is 0 Å². The van der Waals surface area contributed by atoms with Gasteiger partial charge in [-0.25, -0.2) is 0 Å². The van der Waals surface area contributed by atoms with Crippen LogP contribution in [-0.4, -0.2) is 13.4 Å². The summed E-state index contributed by atoms with van der Waals surface area (Å²) in [6, 6.07) is 5.64. The van der Waals surface area contributed by atoms with E-state index in [0.29, 0.717) is 5.02 Å². The van der Waals surface area contributed by atoms with Crippen LogP contribution in [0.4, 0.5) is 5.69 Å². The Morgan fingerprint density at radius 1 is 1.50 bits per heavy atom. The molecule has 0 bridgehead atoms. The second-order valence-electron chi connectivity index (χ2n) is 2.67. The molecule has 0 spiro atoms. The van der Waals surface area contributed by atoms with Crippen molar-refractivity contribution in [2.75, 3.05) is 11.9 Å². The van der Waals surface area contributed by atoms with Crippen LogP contribution in [0.1, 0.15) is 5.56 Å². The quantitative estimate of drug-likeness (QED) is 0.553. The summed E-state index contributed by atoms with van der Waals surface area (Å²) in [5, 5.41) is 7.77. The molecule has 0 aliphatic heterocycles. The molecule has 3 heteroatoms. The second-order valence-corrected chi connectivity index (χ2v) is 3.11. The molecule has 1 aromatic rings. The predicted molar refractivity (Wildman–Crippen MR) is 53.4 cm³/mol. The predicted octanol–water partition coefficient (Wildman–Crippen LogP) is 2.69. The number of nitrogens with one attached hydrogen (secondary N) is 1. The molecule has 0 aliphatic rings. The lowest BCUT2D eigenvalue weighted by Crippen LogP contribution is -2.14. The number of anilines is 1. The summed E-state index contributed by atoms with van der Waals surface area (Å²) in [6.45, 7) is 1.99. The summed E-state index contributed by atoms with van der Waals surface area (Å²) in [5.74, 6) is 0. The van der Waals surface area contributed by atoms with E-state index in [9.17, 15) is 0 Å². The third-order valence-corrected chi connectivity index (χ3v) is 1.98. The third-order valence-electron chi connectivity index (χ3n) is 1.74. The number of benzene rings is 1. The molecule has 0 unspecified atom stereocenters. The van der Waals surface area contributed by atoms with Crippen LogP contribution in [-0.2, 0) is 0 Å². The zero-order valence-corrected chi connectivity index (χ0v) is 7.89. The van der Waals surface area contributed by atoms with E-state index >= 15 is 0 Å². The van der Waals surface area contributed by atoms with E-state index in [-0.39, 0.29) is 0 Å². The SMILES string of the molecule is Cc1ccc(Cl)cc1N(C)C=N. The molecule has 0 saturated carbocycles. The van der Waals surface area contributed by atoms with Gasteiger partial charge in [0, 0.05) is 17.8 Å². The van der Waals surface area contributed by atoms with Crippen molar-refractivity contribution < 1.29 is 0 Å². The highest BCUT2D eigenvalue weighted by molar-refractivity contribution is 6.30. The van der Waals surface area contributed by atoms with E-state index in [1.54, 1.807) is 4.90 Å². The van der Waals surface area contributed by atoms with Gasteiger partial charge >= 0.3 is 0 Å². The van der Waals surface area contributed by atoms with Crippen LogP contribution in [0.3, 0.4) is 0 Å². The monoisotopic (exact) mass is 182 g/mol. The third kappa shape index (κ3) is 1.77. The first kappa shape index (κ1) is 9.07. The highest BCUT2D eigenvalue weighted by Crippen LogP contribution is 2.22. The maximum absolute atomic E-state index is 7.07. The average molecular weight is 183 g/mol. The Bertz CT molecular complexity index is 297. The van der Waals surface area contributed by atoms with E-state index in [2.05, 4.69) is 0 Å². The number of hydrogen-bond donors (Lipinski definition) is 1. The molecule has 2 nitrogen and oxygen atoms in total. The van der Waals surface area contributed by atoms with Crippen LogP contribution in [0.15, 0.2) is 18.2 Å². The largest absolute Gasteiger partial charge is 0.336 e. The molecule has 0 amide bonds. The summed E-state index contributed by atoms with van der Waals surface area (Å²) in [6.07, 6.45) is 1.26. The molecule has 1 aromatic carbocycles. The van der Waals surface area contributed by atoms with Gasteiger partial charge in [0.25, 0.3) is 0 Å². The molecule has 0 radical (unpaired) electrons. The maximum atomic E-state index is 7.07. The molecule has 1 rings (SSSR count). The maximum Gasteiger partial charge on any atom is 0.0859 e.